The van der Waals surface area contributed by atoms with Crippen LogP contribution < -0.4 is 19.6 Å². The maximum Gasteiger partial charge on any atom is 0.0728 e. The van der Waals surface area contributed by atoms with Gasteiger partial charge in [0.25, 0.3) is 0 Å². The number of benzene rings is 10. The van der Waals surface area contributed by atoms with Crippen LogP contribution in [0.4, 0.5) is 56.9 Å². The van der Waals surface area contributed by atoms with E-state index in [2.05, 4.69) is 344 Å². The molecular formula is C81H74N4. The SMILES string of the molecule is C=C/C=C(C)\C=C\N(c1cccc(C)c1)c1ccc2c(c1)C1(c3cc(N(/C(C)=C/C(C)=C\C)c4cccc(C)c4)ccc3-2)c2cc(N(c3cccc(C)c3)c3cccc(C)c3)ccc2-c2ccc(N(c3cccc(C)c3)c3cccc(C)c3)cc21. The van der Waals surface area contributed by atoms with E-state index in [0.717, 1.165) is 68.1 Å². The smallest absolute Gasteiger partial charge is 0.0728 e. The van der Waals surface area contributed by atoms with Crippen LogP contribution in [0.2, 0.25) is 0 Å². The van der Waals surface area contributed by atoms with Crippen LogP contribution in [0, 0.1) is 41.5 Å². The molecule has 0 amide bonds. The Morgan fingerprint density at radius 3 is 1.07 bits per heavy atom. The first-order valence-corrected chi connectivity index (χ1v) is 29.7. The summed E-state index contributed by atoms with van der Waals surface area (Å²) < 4.78 is 0. The van der Waals surface area contributed by atoms with Crippen molar-refractivity contribution < 1.29 is 0 Å². The zero-order chi connectivity index (χ0) is 59.1. The van der Waals surface area contributed by atoms with Crippen LogP contribution >= 0.6 is 0 Å². The van der Waals surface area contributed by atoms with Gasteiger partial charge in [0.05, 0.1) is 5.41 Å². The summed E-state index contributed by atoms with van der Waals surface area (Å²) in [7, 11) is 0. The summed E-state index contributed by atoms with van der Waals surface area (Å²) in [5.41, 5.74) is 30.5. The fourth-order valence-corrected chi connectivity index (χ4v) is 13.0. The number of rotatable bonds is 15. The summed E-state index contributed by atoms with van der Waals surface area (Å²) >= 11 is 0. The molecule has 2 aliphatic rings. The van der Waals surface area contributed by atoms with Crippen LogP contribution in [-0.2, 0) is 5.41 Å². The molecule has 0 aromatic heterocycles. The Bertz CT molecular complexity index is 4140. The quantitative estimate of drug-likeness (QED) is 0.0949. The number of allylic oxidation sites excluding steroid dienone is 8. The Hall–Kier alpha value is -9.90. The number of hydrogen-bond acceptors (Lipinski definition) is 4. The van der Waals surface area contributed by atoms with E-state index in [1.165, 1.54) is 83.5 Å². The first-order chi connectivity index (χ1) is 41.2. The highest BCUT2D eigenvalue weighted by molar-refractivity contribution is 5.99. The molecule has 10 aromatic rings. The Morgan fingerprint density at radius 1 is 0.365 bits per heavy atom. The van der Waals surface area contributed by atoms with Gasteiger partial charge < -0.3 is 19.6 Å². The Morgan fingerprint density at radius 2 is 0.671 bits per heavy atom. The Labute approximate surface area is 504 Å². The van der Waals surface area contributed by atoms with E-state index in [-0.39, 0.29) is 0 Å². The van der Waals surface area contributed by atoms with Crippen molar-refractivity contribution >= 4 is 56.9 Å². The third-order valence-electron chi connectivity index (χ3n) is 17.0. The fourth-order valence-electron chi connectivity index (χ4n) is 13.0. The zero-order valence-corrected chi connectivity index (χ0v) is 50.7. The topological polar surface area (TPSA) is 13.0 Å². The van der Waals surface area contributed by atoms with Gasteiger partial charge in [-0.1, -0.05) is 127 Å². The Kier molecular flexibility index (Phi) is 15.1. The van der Waals surface area contributed by atoms with Gasteiger partial charge in [-0.15, -0.1) is 0 Å². The highest BCUT2D eigenvalue weighted by Crippen LogP contribution is 2.65. The van der Waals surface area contributed by atoms with E-state index in [1.807, 2.05) is 6.08 Å². The van der Waals surface area contributed by atoms with Crippen LogP contribution in [0.1, 0.15) is 83.3 Å². The lowest BCUT2D eigenvalue weighted by Gasteiger charge is -2.35. The van der Waals surface area contributed by atoms with Crippen LogP contribution in [-0.4, -0.2) is 0 Å². The number of anilines is 10. The highest BCUT2D eigenvalue weighted by atomic mass is 15.2. The van der Waals surface area contributed by atoms with Gasteiger partial charge in [0, 0.05) is 68.8 Å². The normalized spacial score (nSPS) is 13.1. The molecule has 0 bridgehead atoms. The average Bonchev–Trinajstić information content (AvgIpc) is 1.58. The number of hydrogen-bond donors (Lipinski definition) is 0. The van der Waals surface area contributed by atoms with Gasteiger partial charge in [0.1, 0.15) is 0 Å². The van der Waals surface area contributed by atoms with Gasteiger partial charge in [-0.05, 0) is 286 Å². The van der Waals surface area contributed by atoms with Crippen molar-refractivity contribution in [1.29, 1.82) is 0 Å². The van der Waals surface area contributed by atoms with E-state index in [9.17, 15) is 0 Å². The number of aryl methyl sites for hydroxylation is 6. The molecule has 2 aliphatic carbocycles. The molecular weight excluding hydrogens is 1030 g/mol. The van der Waals surface area contributed by atoms with Gasteiger partial charge in [-0.25, -0.2) is 0 Å². The molecule has 1 spiro atoms. The summed E-state index contributed by atoms with van der Waals surface area (Å²) in [5.74, 6) is 0. The predicted octanol–water partition coefficient (Wildman–Crippen LogP) is 22.6. The van der Waals surface area contributed by atoms with E-state index in [0.29, 0.717) is 0 Å². The minimum absolute atomic E-state index is 0.848. The van der Waals surface area contributed by atoms with Crippen LogP contribution in [0.15, 0.2) is 278 Å². The summed E-state index contributed by atoms with van der Waals surface area (Å²) in [5, 5.41) is 0. The second-order valence-electron chi connectivity index (χ2n) is 23.4. The van der Waals surface area contributed by atoms with Crippen molar-refractivity contribution in [3.63, 3.8) is 0 Å². The highest BCUT2D eigenvalue weighted by Gasteiger charge is 2.53. The maximum absolute atomic E-state index is 4.04. The molecule has 418 valence electrons. The van der Waals surface area contributed by atoms with Crippen molar-refractivity contribution in [2.75, 3.05) is 19.6 Å². The lowest BCUT2D eigenvalue weighted by atomic mass is 9.70. The van der Waals surface area contributed by atoms with Crippen molar-refractivity contribution in [2.24, 2.45) is 0 Å². The number of fused-ring (bicyclic) bond motifs is 10. The lowest BCUT2D eigenvalue weighted by Crippen LogP contribution is -2.27. The monoisotopic (exact) mass is 1100 g/mol. The molecule has 0 heterocycles. The van der Waals surface area contributed by atoms with Gasteiger partial charge in [-0.3, -0.25) is 0 Å². The summed E-state index contributed by atoms with van der Waals surface area (Å²) in [6, 6.07) is 82.4. The third-order valence-corrected chi connectivity index (χ3v) is 17.0. The third kappa shape index (κ3) is 10.4. The minimum Gasteiger partial charge on any atom is -0.317 e. The summed E-state index contributed by atoms with van der Waals surface area (Å²) in [6.45, 7) is 25.8. The Balaban J connectivity index is 1.22. The lowest BCUT2D eigenvalue weighted by molar-refractivity contribution is 0.793. The molecule has 12 rings (SSSR count). The van der Waals surface area contributed by atoms with Gasteiger partial charge >= 0.3 is 0 Å². The molecule has 0 N–H and O–H groups in total. The van der Waals surface area contributed by atoms with Crippen LogP contribution in [0.25, 0.3) is 22.3 Å². The standard InChI is InChI=1S/C81H74N4/c1-12-20-55(4)41-42-82(63-27-14-21-56(5)44-63)64-33-37-73-74-38-34-70(83(62(11)43-54(3)13-2)65-28-15-22-57(6)45-65)51-78(74)81(77(73)50-64)79-52-71(84(66-29-16-23-58(7)46-66)67-30-17-24-59(8)47-67)35-39-75(79)76-40-36-72(53-80(76)81)85(68-31-18-25-60(9)48-68)69-32-19-26-61(10)49-69/h12-53H,1H2,2-11H3/b42-41+,54-13-,55-20-,62-43+. The van der Waals surface area contributed by atoms with E-state index in [1.54, 1.807) is 0 Å². The minimum atomic E-state index is -0.848. The van der Waals surface area contributed by atoms with Crippen LogP contribution in [0.3, 0.4) is 0 Å². The van der Waals surface area contributed by atoms with Crippen LogP contribution in [0.5, 0.6) is 0 Å². The maximum atomic E-state index is 4.04. The van der Waals surface area contributed by atoms with Gasteiger partial charge in [0.2, 0.25) is 0 Å². The average molecular weight is 1100 g/mol. The molecule has 0 atom stereocenters. The summed E-state index contributed by atoms with van der Waals surface area (Å²) in [6.07, 6.45) is 12.8. The van der Waals surface area contributed by atoms with E-state index < -0.39 is 5.41 Å². The predicted molar refractivity (Wildman–Crippen MR) is 364 cm³/mol. The molecule has 0 saturated carbocycles. The molecule has 0 aliphatic heterocycles. The molecule has 4 nitrogen and oxygen atoms in total. The zero-order valence-electron chi connectivity index (χ0n) is 50.7. The number of nitrogens with zero attached hydrogens (tertiary/aromatic N) is 4. The van der Waals surface area contributed by atoms with Gasteiger partial charge in [0.15, 0.2) is 0 Å². The van der Waals surface area contributed by atoms with Gasteiger partial charge in [-0.2, -0.15) is 0 Å². The molecule has 4 heteroatoms. The molecule has 10 aromatic carbocycles. The fraction of sp³-hybridized carbons (Fsp3) is 0.136. The van der Waals surface area contributed by atoms with E-state index >= 15 is 0 Å². The molecule has 0 saturated heterocycles. The summed E-state index contributed by atoms with van der Waals surface area (Å²) in [4.78, 5) is 9.70. The molecule has 0 fully saturated rings. The largest absolute Gasteiger partial charge is 0.317 e. The van der Waals surface area contributed by atoms with Crippen molar-refractivity contribution in [3.05, 3.63) is 334 Å². The second-order valence-corrected chi connectivity index (χ2v) is 23.4. The first kappa shape index (κ1) is 55.6. The molecule has 85 heavy (non-hydrogen) atoms. The second kappa shape index (κ2) is 23.0. The van der Waals surface area contributed by atoms with E-state index in [4.69, 9.17) is 0 Å². The molecule has 0 radical (unpaired) electrons. The van der Waals surface area contributed by atoms with Crippen molar-refractivity contribution in [2.45, 2.75) is 74.7 Å². The van der Waals surface area contributed by atoms with Crippen molar-refractivity contribution in [1.82, 2.24) is 0 Å². The first-order valence-electron chi connectivity index (χ1n) is 29.7. The van der Waals surface area contributed by atoms with Crippen molar-refractivity contribution in [3.8, 4) is 22.3 Å². The molecule has 0 unspecified atom stereocenters.